The van der Waals surface area contributed by atoms with Crippen LogP contribution in [0.4, 0.5) is 0 Å². The van der Waals surface area contributed by atoms with Gasteiger partial charge in [0, 0.05) is 33.5 Å². The van der Waals surface area contributed by atoms with Gasteiger partial charge >= 0.3 is 0 Å². The molecule has 10 rings (SSSR count). The van der Waals surface area contributed by atoms with Gasteiger partial charge in [-0.05, 0) is 104 Å². The molecular formula is C48H34N2. The average Bonchev–Trinajstić information content (AvgIpc) is 3.63. The van der Waals surface area contributed by atoms with E-state index in [-0.39, 0.29) is 5.41 Å². The summed E-state index contributed by atoms with van der Waals surface area (Å²) in [7, 11) is 0. The Morgan fingerprint density at radius 2 is 0.920 bits per heavy atom. The molecule has 2 aromatic heterocycles. The lowest BCUT2D eigenvalue weighted by Gasteiger charge is -2.22. The van der Waals surface area contributed by atoms with Crippen LogP contribution in [-0.4, -0.2) is 9.55 Å². The zero-order valence-electron chi connectivity index (χ0n) is 28.1. The lowest BCUT2D eigenvalue weighted by atomic mass is 9.81. The maximum atomic E-state index is 4.55. The van der Waals surface area contributed by atoms with E-state index < -0.39 is 0 Å². The van der Waals surface area contributed by atoms with Crippen molar-refractivity contribution in [2.45, 2.75) is 19.3 Å². The number of para-hydroxylation sites is 2. The van der Waals surface area contributed by atoms with Crippen LogP contribution in [-0.2, 0) is 5.41 Å². The van der Waals surface area contributed by atoms with Crippen LogP contribution in [0.2, 0.25) is 0 Å². The second kappa shape index (κ2) is 10.9. The molecular weight excluding hydrogens is 605 g/mol. The molecule has 236 valence electrons. The third kappa shape index (κ3) is 4.38. The predicted octanol–water partition coefficient (Wildman–Crippen LogP) is 12.6. The summed E-state index contributed by atoms with van der Waals surface area (Å²) < 4.78 is 2.38. The van der Waals surface area contributed by atoms with Gasteiger partial charge in [0.25, 0.3) is 0 Å². The molecule has 0 amide bonds. The highest BCUT2D eigenvalue weighted by Gasteiger charge is 2.35. The van der Waals surface area contributed by atoms with Crippen LogP contribution in [0.5, 0.6) is 0 Å². The summed E-state index contributed by atoms with van der Waals surface area (Å²) in [6.45, 7) is 4.74. The van der Waals surface area contributed by atoms with Crippen LogP contribution in [0.3, 0.4) is 0 Å². The minimum atomic E-state index is -0.113. The molecule has 2 nitrogen and oxygen atoms in total. The van der Waals surface area contributed by atoms with E-state index in [0.717, 1.165) is 10.9 Å². The Balaban J connectivity index is 0.959. The van der Waals surface area contributed by atoms with Gasteiger partial charge in [0.15, 0.2) is 0 Å². The number of rotatable bonds is 4. The van der Waals surface area contributed by atoms with Crippen LogP contribution in [0.25, 0.3) is 82.9 Å². The van der Waals surface area contributed by atoms with E-state index in [1.54, 1.807) is 0 Å². The van der Waals surface area contributed by atoms with Crippen molar-refractivity contribution in [2.24, 2.45) is 0 Å². The molecule has 0 atom stereocenters. The molecule has 1 aliphatic carbocycles. The van der Waals surface area contributed by atoms with Crippen LogP contribution in [0.1, 0.15) is 25.0 Å². The van der Waals surface area contributed by atoms with Crippen molar-refractivity contribution >= 4 is 32.7 Å². The van der Waals surface area contributed by atoms with Crippen molar-refractivity contribution in [1.29, 1.82) is 0 Å². The van der Waals surface area contributed by atoms with Gasteiger partial charge in [-0.3, -0.25) is 4.98 Å². The number of nitrogens with zero attached hydrogens (tertiary/aromatic N) is 2. The minimum Gasteiger partial charge on any atom is -0.309 e. The van der Waals surface area contributed by atoms with Gasteiger partial charge in [-0.2, -0.15) is 0 Å². The van der Waals surface area contributed by atoms with Gasteiger partial charge in [-0.15, -0.1) is 0 Å². The van der Waals surface area contributed by atoms with E-state index in [9.17, 15) is 0 Å². The fraction of sp³-hybridized carbons (Fsp3) is 0.0625. The molecule has 0 saturated heterocycles. The Kier molecular flexibility index (Phi) is 6.25. The van der Waals surface area contributed by atoms with E-state index in [1.807, 2.05) is 12.3 Å². The first kappa shape index (κ1) is 28.7. The molecule has 0 unspecified atom stereocenters. The number of benzene rings is 7. The molecule has 0 radical (unpaired) electrons. The number of pyridine rings is 1. The summed E-state index contributed by atoms with van der Waals surface area (Å²) in [5, 5.41) is 3.73. The quantitative estimate of drug-likeness (QED) is 0.188. The molecule has 50 heavy (non-hydrogen) atoms. The fourth-order valence-corrected chi connectivity index (χ4v) is 8.20. The summed E-state index contributed by atoms with van der Waals surface area (Å²) in [5.74, 6) is 0. The third-order valence-corrected chi connectivity index (χ3v) is 10.9. The molecule has 0 spiro atoms. The summed E-state index contributed by atoms with van der Waals surface area (Å²) in [6, 6.07) is 60.0. The smallest absolute Gasteiger partial charge is 0.0708 e. The van der Waals surface area contributed by atoms with E-state index in [0.29, 0.717) is 0 Å². The summed E-state index contributed by atoms with van der Waals surface area (Å²) >= 11 is 0. The molecule has 9 aromatic rings. The zero-order chi connectivity index (χ0) is 33.4. The molecule has 0 bridgehead atoms. The maximum absolute atomic E-state index is 4.55. The number of fused-ring (bicyclic) bond motifs is 7. The molecule has 0 saturated carbocycles. The van der Waals surface area contributed by atoms with Crippen molar-refractivity contribution in [3.8, 4) is 50.2 Å². The predicted molar refractivity (Wildman–Crippen MR) is 210 cm³/mol. The Bertz CT molecular complexity index is 2710. The van der Waals surface area contributed by atoms with E-state index in [4.69, 9.17) is 0 Å². The lowest BCUT2D eigenvalue weighted by Crippen LogP contribution is -2.15. The number of hydrogen-bond acceptors (Lipinski definition) is 1. The monoisotopic (exact) mass is 638 g/mol. The van der Waals surface area contributed by atoms with E-state index >= 15 is 0 Å². The molecule has 2 heteroatoms. The van der Waals surface area contributed by atoms with E-state index in [2.05, 4.69) is 181 Å². The summed E-state index contributed by atoms with van der Waals surface area (Å²) in [4.78, 5) is 4.55. The normalized spacial score (nSPS) is 13.2. The van der Waals surface area contributed by atoms with Gasteiger partial charge in [0.05, 0.1) is 16.6 Å². The average molecular weight is 639 g/mol. The van der Waals surface area contributed by atoms with Gasteiger partial charge in [0.2, 0.25) is 0 Å². The van der Waals surface area contributed by atoms with Gasteiger partial charge in [-0.25, -0.2) is 0 Å². The Morgan fingerprint density at radius 3 is 1.50 bits per heavy atom. The fourth-order valence-electron chi connectivity index (χ4n) is 8.20. The highest BCUT2D eigenvalue weighted by molar-refractivity contribution is 6.09. The Labute approximate surface area is 291 Å². The first-order valence-corrected chi connectivity index (χ1v) is 17.4. The topological polar surface area (TPSA) is 17.8 Å². The third-order valence-electron chi connectivity index (χ3n) is 10.9. The maximum Gasteiger partial charge on any atom is 0.0708 e. The standard InChI is InChI=1S/C48H34N2/c1-48(2)43-28-35(31-13-15-32(16-14-31)37-18-17-34-8-7-27-49-45(34)30-37)21-25-39(43)40-26-22-36(29-44(40)48)33-19-23-38(24-20-33)50-46-11-5-3-9-41(46)42-10-4-6-12-47(42)50/h3-30H,1-2H3. The molecule has 0 fully saturated rings. The van der Waals surface area contributed by atoms with Crippen LogP contribution in [0.15, 0.2) is 170 Å². The lowest BCUT2D eigenvalue weighted by molar-refractivity contribution is 0.661. The van der Waals surface area contributed by atoms with Crippen LogP contribution in [0, 0.1) is 0 Å². The molecule has 2 heterocycles. The van der Waals surface area contributed by atoms with Crippen molar-refractivity contribution < 1.29 is 0 Å². The molecule has 0 aliphatic heterocycles. The molecule has 0 N–H and O–H groups in total. The van der Waals surface area contributed by atoms with Gasteiger partial charge < -0.3 is 4.57 Å². The highest BCUT2D eigenvalue weighted by Crippen LogP contribution is 2.50. The Morgan fingerprint density at radius 1 is 0.440 bits per heavy atom. The summed E-state index contributed by atoms with van der Waals surface area (Å²) in [5.41, 5.74) is 17.3. The van der Waals surface area contributed by atoms with Gasteiger partial charge in [-0.1, -0.05) is 129 Å². The van der Waals surface area contributed by atoms with Crippen molar-refractivity contribution in [1.82, 2.24) is 9.55 Å². The highest BCUT2D eigenvalue weighted by atomic mass is 15.0. The van der Waals surface area contributed by atoms with Gasteiger partial charge in [0.1, 0.15) is 0 Å². The first-order valence-electron chi connectivity index (χ1n) is 17.4. The van der Waals surface area contributed by atoms with Crippen molar-refractivity contribution in [3.63, 3.8) is 0 Å². The first-order chi connectivity index (χ1) is 24.5. The second-order valence-electron chi connectivity index (χ2n) is 14.1. The second-order valence-corrected chi connectivity index (χ2v) is 14.1. The van der Waals surface area contributed by atoms with Crippen molar-refractivity contribution in [2.75, 3.05) is 0 Å². The zero-order valence-corrected chi connectivity index (χ0v) is 28.1. The molecule has 7 aromatic carbocycles. The minimum absolute atomic E-state index is 0.113. The van der Waals surface area contributed by atoms with Crippen LogP contribution < -0.4 is 0 Å². The molecule has 1 aliphatic rings. The number of hydrogen-bond donors (Lipinski definition) is 0. The van der Waals surface area contributed by atoms with Crippen molar-refractivity contribution in [3.05, 3.63) is 181 Å². The van der Waals surface area contributed by atoms with Crippen LogP contribution >= 0.6 is 0 Å². The largest absolute Gasteiger partial charge is 0.309 e. The SMILES string of the molecule is CC1(C)c2cc(-c3ccc(-c4ccc5cccnc5c4)cc3)ccc2-c2ccc(-c3ccc(-n4c5ccccc5c5ccccc54)cc3)cc21. The van der Waals surface area contributed by atoms with E-state index in [1.165, 1.54) is 83.1 Å². The Hall–Kier alpha value is -6.25. The summed E-state index contributed by atoms with van der Waals surface area (Å²) in [6.07, 6.45) is 1.86. The number of aromatic nitrogens is 2.